The molecule has 0 aliphatic carbocycles. The smallest absolute Gasteiger partial charge is 0.150 e. The molecule has 2 unspecified atom stereocenters. The number of carbonyl (C=O) groups excluding carboxylic acids is 1. The molecular formula is C13H14ClNO2. The highest BCUT2D eigenvalue weighted by molar-refractivity contribution is 6.33. The molecule has 0 aromatic heterocycles. The Hall–Kier alpha value is -1.06. The van der Waals surface area contributed by atoms with Gasteiger partial charge in [0.25, 0.3) is 0 Å². The van der Waals surface area contributed by atoms with Gasteiger partial charge in [-0.05, 0) is 31.0 Å². The monoisotopic (exact) mass is 251 g/mol. The second-order valence-electron chi connectivity index (χ2n) is 4.69. The number of nitrogens with zero attached hydrogens (tertiary/aromatic N) is 1. The molecule has 0 saturated carbocycles. The van der Waals surface area contributed by atoms with Crippen LogP contribution in [0.1, 0.15) is 23.2 Å². The van der Waals surface area contributed by atoms with Crippen LogP contribution in [0.4, 0.5) is 5.69 Å². The van der Waals surface area contributed by atoms with Crippen LogP contribution in [0, 0.1) is 0 Å². The van der Waals surface area contributed by atoms with Crippen molar-refractivity contribution < 1.29 is 9.53 Å². The molecule has 1 aromatic carbocycles. The van der Waals surface area contributed by atoms with Gasteiger partial charge in [-0.1, -0.05) is 11.6 Å². The number of hydrogen-bond donors (Lipinski definition) is 0. The van der Waals surface area contributed by atoms with Crippen molar-refractivity contribution in [3.8, 4) is 0 Å². The Labute approximate surface area is 105 Å². The summed E-state index contributed by atoms with van der Waals surface area (Å²) in [5.74, 6) is 0. The molecule has 0 radical (unpaired) electrons. The van der Waals surface area contributed by atoms with Gasteiger partial charge in [-0.25, -0.2) is 0 Å². The van der Waals surface area contributed by atoms with Crippen LogP contribution >= 0.6 is 11.6 Å². The minimum absolute atomic E-state index is 0.343. The lowest BCUT2D eigenvalue weighted by atomic mass is 10.2. The number of carbonyl (C=O) groups is 1. The Kier molecular flexibility index (Phi) is 2.81. The third kappa shape index (κ3) is 2.05. The SMILES string of the molecule is O=Cc1ccc(N2CC3CCC(C2)O3)c(Cl)c1. The second-order valence-corrected chi connectivity index (χ2v) is 5.10. The number of rotatable bonds is 2. The van der Waals surface area contributed by atoms with Crippen LogP contribution in [0.3, 0.4) is 0 Å². The molecule has 0 N–H and O–H groups in total. The number of morpholine rings is 1. The lowest BCUT2D eigenvalue weighted by molar-refractivity contribution is 0.0305. The summed E-state index contributed by atoms with van der Waals surface area (Å²) in [4.78, 5) is 12.9. The zero-order valence-electron chi connectivity index (χ0n) is 9.43. The Bertz CT molecular complexity index is 437. The molecule has 4 heteroatoms. The highest BCUT2D eigenvalue weighted by atomic mass is 35.5. The van der Waals surface area contributed by atoms with E-state index in [0.717, 1.165) is 37.9 Å². The summed E-state index contributed by atoms with van der Waals surface area (Å²) in [6, 6.07) is 5.46. The normalized spacial score (nSPS) is 27.2. The molecule has 2 atom stereocenters. The maximum atomic E-state index is 10.7. The summed E-state index contributed by atoms with van der Waals surface area (Å²) in [7, 11) is 0. The number of ether oxygens (including phenoxy) is 1. The first-order valence-corrected chi connectivity index (χ1v) is 6.29. The number of benzene rings is 1. The average molecular weight is 252 g/mol. The van der Waals surface area contributed by atoms with Crippen molar-refractivity contribution in [1.29, 1.82) is 0 Å². The molecule has 2 fully saturated rings. The molecule has 3 rings (SSSR count). The first-order chi connectivity index (χ1) is 8.26. The maximum absolute atomic E-state index is 10.7. The van der Waals surface area contributed by atoms with Gasteiger partial charge in [-0.15, -0.1) is 0 Å². The summed E-state index contributed by atoms with van der Waals surface area (Å²) < 4.78 is 5.79. The van der Waals surface area contributed by atoms with E-state index in [4.69, 9.17) is 16.3 Å². The van der Waals surface area contributed by atoms with Crippen molar-refractivity contribution in [3.63, 3.8) is 0 Å². The van der Waals surface area contributed by atoms with Gasteiger partial charge >= 0.3 is 0 Å². The molecule has 17 heavy (non-hydrogen) atoms. The van der Waals surface area contributed by atoms with Crippen molar-refractivity contribution in [2.24, 2.45) is 0 Å². The van der Waals surface area contributed by atoms with Gasteiger partial charge in [0.2, 0.25) is 0 Å². The minimum Gasteiger partial charge on any atom is -0.371 e. The highest BCUT2D eigenvalue weighted by Gasteiger charge is 2.34. The number of fused-ring (bicyclic) bond motifs is 2. The van der Waals surface area contributed by atoms with Crippen LogP contribution < -0.4 is 4.90 Å². The molecule has 1 aromatic rings. The number of aldehydes is 1. The van der Waals surface area contributed by atoms with Gasteiger partial charge in [0.1, 0.15) is 6.29 Å². The molecule has 3 nitrogen and oxygen atoms in total. The number of hydrogen-bond acceptors (Lipinski definition) is 3. The zero-order valence-corrected chi connectivity index (χ0v) is 10.2. The van der Waals surface area contributed by atoms with Crippen LogP contribution in [-0.2, 0) is 4.74 Å². The predicted molar refractivity (Wildman–Crippen MR) is 66.9 cm³/mol. The lowest BCUT2D eigenvalue weighted by Gasteiger charge is -2.34. The predicted octanol–water partition coefficient (Wildman–Crippen LogP) is 2.52. The molecule has 2 aliphatic rings. The van der Waals surface area contributed by atoms with Crippen LogP contribution in [0.25, 0.3) is 0 Å². The third-order valence-corrected chi connectivity index (χ3v) is 3.79. The summed E-state index contributed by atoms with van der Waals surface area (Å²) >= 11 is 6.22. The van der Waals surface area contributed by atoms with Gasteiger partial charge in [-0.3, -0.25) is 4.79 Å². The van der Waals surface area contributed by atoms with E-state index in [1.807, 2.05) is 12.1 Å². The van der Waals surface area contributed by atoms with Crippen LogP contribution in [0.15, 0.2) is 18.2 Å². The van der Waals surface area contributed by atoms with Crippen molar-refractivity contribution in [3.05, 3.63) is 28.8 Å². The molecule has 2 saturated heterocycles. The van der Waals surface area contributed by atoms with Gasteiger partial charge < -0.3 is 9.64 Å². The van der Waals surface area contributed by atoms with E-state index >= 15 is 0 Å². The lowest BCUT2D eigenvalue weighted by Crippen LogP contribution is -2.42. The van der Waals surface area contributed by atoms with Crippen molar-refractivity contribution in [1.82, 2.24) is 0 Å². The Morgan fingerprint density at radius 2 is 2.00 bits per heavy atom. The Balaban J connectivity index is 1.86. The van der Waals surface area contributed by atoms with Crippen LogP contribution in [-0.4, -0.2) is 31.6 Å². The van der Waals surface area contributed by atoms with E-state index in [9.17, 15) is 4.79 Å². The topological polar surface area (TPSA) is 29.5 Å². The number of anilines is 1. The van der Waals surface area contributed by atoms with Crippen molar-refractivity contribution in [2.45, 2.75) is 25.0 Å². The summed E-state index contributed by atoms with van der Waals surface area (Å²) in [6.45, 7) is 1.80. The summed E-state index contributed by atoms with van der Waals surface area (Å²) in [5.41, 5.74) is 1.63. The van der Waals surface area contributed by atoms with E-state index < -0.39 is 0 Å². The first-order valence-electron chi connectivity index (χ1n) is 5.91. The van der Waals surface area contributed by atoms with Crippen molar-refractivity contribution >= 4 is 23.6 Å². The van der Waals surface area contributed by atoms with Gasteiger partial charge in [0.15, 0.2) is 0 Å². The molecule has 2 bridgehead atoms. The van der Waals surface area contributed by atoms with Gasteiger partial charge in [0.05, 0.1) is 22.9 Å². The first kappa shape index (κ1) is 11.1. The maximum Gasteiger partial charge on any atom is 0.150 e. The quantitative estimate of drug-likeness (QED) is 0.757. The van der Waals surface area contributed by atoms with E-state index in [1.54, 1.807) is 6.07 Å². The Morgan fingerprint density at radius 3 is 2.59 bits per heavy atom. The zero-order chi connectivity index (χ0) is 11.8. The standard InChI is InChI=1S/C13H14ClNO2/c14-12-5-9(8-16)1-4-13(12)15-6-10-2-3-11(7-15)17-10/h1,4-5,8,10-11H,2-3,6-7H2. The van der Waals surface area contributed by atoms with Crippen molar-refractivity contribution in [2.75, 3.05) is 18.0 Å². The fraction of sp³-hybridized carbons (Fsp3) is 0.462. The molecule has 2 aliphatic heterocycles. The molecule has 0 amide bonds. The highest BCUT2D eigenvalue weighted by Crippen LogP contribution is 2.33. The fourth-order valence-corrected chi connectivity index (χ4v) is 2.97. The summed E-state index contributed by atoms with van der Waals surface area (Å²) in [5, 5.41) is 0.649. The summed E-state index contributed by atoms with van der Waals surface area (Å²) in [6.07, 6.45) is 3.79. The third-order valence-electron chi connectivity index (χ3n) is 3.49. The molecular weight excluding hydrogens is 238 g/mol. The molecule has 2 heterocycles. The molecule has 90 valence electrons. The Morgan fingerprint density at radius 1 is 1.29 bits per heavy atom. The fourth-order valence-electron chi connectivity index (χ4n) is 2.66. The largest absolute Gasteiger partial charge is 0.371 e. The van der Waals surface area contributed by atoms with E-state index in [1.165, 1.54) is 0 Å². The van der Waals surface area contributed by atoms with Crippen LogP contribution in [0.2, 0.25) is 5.02 Å². The van der Waals surface area contributed by atoms with Crippen LogP contribution in [0.5, 0.6) is 0 Å². The average Bonchev–Trinajstić information content (AvgIpc) is 2.68. The molecule has 0 spiro atoms. The van der Waals surface area contributed by atoms with Gasteiger partial charge in [-0.2, -0.15) is 0 Å². The van der Waals surface area contributed by atoms with E-state index in [2.05, 4.69) is 4.90 Å². The number of halogens is 1. The van der Waals surface area contributed by atoms with E-state index in [0.29, 0.717) is 22.8 Å². The van der Waals surface area contributed by atoms with Gasteiger partial charge in [0, 0.05) is 18.7 Å². The second kappa shape index (κ2) is 4.31. The van der Waals surface area contributed by atoms with E-state index in [-0.39, 0.29) is 0 Å². The minimum atomic E-state index is 0.343.